The Morgan fingerprint density at radius 3 is 2.62 bits per heavy atom. The number of benzene rings is 1. The van der Waals surface area contributed by atoms with E-state index in [9.17, 15) is 18.0 Å². The number of halogens is 3. The van der Waals surface area contributed by atoms with Gasteiger partial charge in [0.15, 0.2) is 0 Å². The molecule has 0 saturated heterocycles. The zero-order valence-electron chi connectivity index (χ0n) is 8.47. The number of nitrogens with one attached hydrogen (secondary N) is 1. The van der Waals surface area contributed by atoms with Crippen LogP contribution < -0.4 is 5.32 Å². The van der Waals surface area contributed by atoms with Gasteiger partial charge in [-0.1, -0.05) is 13.0 Å². The van der Waals surface area contributed by atoms with Crippen LogP contribution in [-0.2, 0) is 11.0 Å². The van der Waals surface area contributed by atoms with Gasteiger partial charge in [0.1, 0.15) is 0 Å². The highest BCUT2D eigenvalue weighted by molar-refractivity contribution is 5.90. The molecule has 1 radical (unpaired) electrons. The highest BCUT2D eigenvalue weighted by Crippen LogP contribution is 2.30. The molecule has 1 N–H and O–H groups in total. The summed E-state index contributed by atoms with van der Waals surface area (Å²) >= 11 is 0. The number of carbonyl (C=O) groups is 1. The van der Waals surface area contributed by atoms with E-state index in [0.717, 1.165) is 12.1 Å². The standard InChI is InChI=1S/C11H11F3NO/c1-2-4-10(16)15-9-6-3-5-8(7-9)11(12,13)14/h3,5-7H,1-2,4H2,(H,15,16). The highest BCUT2D eigenvalue weighted by atomic mass is 19.4. The molecule has 0 aliphatic heterocycles. The van der Waals surface area contributed by atoms with Crippen molar-refractivity contribution < 1.29 is 18.0 Å². The molecule has 0 aliphatic rings. The molecule has 0 saturated carbocycles. The van der Waals surface area contributed by atoms with E-state index in [4.69, 9.17) is 0 Å². The number of carbonyl (C=O) groups excluding carboxylic acids is 1. The topological polar surface area (TPSA) is 29.1 Å². The number of anilines is 1. The smallest absolute Gasteiger partial charge is 0.326 e. The lowest BCUT2D eigenvalue weighted by atomic mass is 10.2. The maximum atomic E-state index is 12.3. The van der Waals surface area contributed by atoms with E-state index in [1.165, 1.54) is 12.1 Å². The van der Waals surface area contributed by atoms with Crippen LogP contribution in [0.4, 0.5) is 18.9 Å². The maximum Gasteiger partial charge on any atom is 0.416 e. The third-order valence-electron chi connectivity index (χ3n) is 1.88. The van der Waals surface area contributed by atoms with Gasteiger partial charge in [-0.2, -0.15) is 13.2 Å². The summed E-state index contributed by atoms with van der Waals surface area (Å²) in [5.41, 5.74) is -0.631. The molecule has 0 bridgehead atoms. The SMILES string of the molecule is [CH2]CCC(=O)Nc1cccc(C(F)(F)F)c1. The summed E-state index contributed by atoms with van der Waals surface area (Å²) in [6.07, 6.45) is -3.80. The van der Waals surface area contributed by atoms with Crippen LogP contribution in [0.15, 0.2) is 24.3 Å². The van der Waals surface area contributed by atoms with Crippen LogP contribution in [0, 0.1) is 6.92 Å². The number of hydrogen-bond acceptors (Lipinski definition) is 1. The van der Waals surface area contributed by atoms with Crippen LogP contribution in [0.1, 0.15) is 18.4 Å². The van der Waals surface area contributed by atoms with Gasteiger partial charge in [-0.15, -0.1) is 0 Å². The molecule has 0 spiro atoms. The van der Waals surface area contributed by atoms with Crippen molar-refractivity contribution in [3.63, 3.8) is 0 Å². The summed E-state index contributed by atoms with van der Waals surface area (Å²) in [6.45, 7) is 3.48. The van der Waals surface area contributed by atoms with Gasteiger partial charge in [0.25, 0.3) is 0 Å². The van der Waals surface area contributed by atoms with E-state index >= 15 is 0 Å². The molecule has 0 aliphatic carbocycles. The Morgan fingerprint density at radius 2 is 2.06 bits per heavy atom. The van der Waals surface area contributed by atoms with E-state index in [-0.39, 0.29) is 18.0 Å². The predicted molar refractivity (Wildman–Crippen MR) is 54.7 cm³/mol. The van der Waals surface area contributed by atoms with Crippen LogP contribution >= 0.6 is 0 Å². The zero-order chi connectivity index (χ0) is 12.2. The van der Waals surface area contributed by atoms with E-state index < -0.39 is 11.7 Å². The van der Waals surface area contributed by atoms with Crippen molar-refractivity contribution in [1.29, 1.82) is 0 Å². The minimum atomic E-state index is -4.40. The lowest BCUT2D eigenvalue weighted by Gasteiger charge is -2.09. The Hall–Kier alpha value is -1.52. The Morgan fingerprint density at radius 1 is 1.38 bits per heavy atom. The molecule has 1 aromatic carbocycles. The van der Waals surface area contributed by atoms with Crippen LogP contribution in [0.5, 0.6) is 0 Å². The average molecular weight is 230 g/mol. The quantitative estimate of drug-likeness (QED) is 0.848. The van der Waals surface area contributed by atoms with Crippen LogP contribution in [0.25, 0.3) is 0 Å². The van der Waals surface area contributed by atoms with Crippen molar-refractivity contribution in [3.8, 4) is 0 Å². The molecule has 2 nitrogen and oxygen atoms in total. The minimum absolute atomic E-state index is 0.147. The van der Waals surface area contributed by atoms with Crippen LogP contribution in [0.3, 0.4) is 0 Å². The Kier molecular flexibility index (Phi) is 3.93. The molecule has 1 amide bonds. The van der Waals surface area contributed by atoms with Gasteiger partial charge in [0.2, 0.25) is 5.91 Å². The van der Waals surface area contributed by atoms with E-state index in [2.05, 4.69) is 12.2 Å². The van der Waals surface area contributed by atoms with Crippen molar-refractivity contribution in [2.75, 3.05) is 5.32 Å². The summed E-state index contributed by atoms with van der Waals surface area (Å²) in [4.78, 5) is 11.1. The maximum absolute atomic E-state index is 12.3. The first-order valence-corrected chi connectivity index (χ1v) is 4.70. The molecule has 0 aromatic heterocycles. The second-order valence-corrected chi connectivity index (χ2v) is 3.23. The summed E-state index contributed by atoms with van der Waals surface area (Å²) in [7, 11) is 0. The first-order chi connectivity index (χ1) is 7.43. The molecule has 16 heavy (non-hydrogen) atoms. The van der Waals surface area contributed by atoms with Crippen LogP contribution in [-0.4, -0.2) is 5.91 Å². The number of rotatable bonds is 3. The fourth-order valence-electron chi connectivity index (χ4n) is 1.16. The number of hydrogen-bond donors (Lipinski definition) is 1. The van der Waals surface area contributed by atoms with Crippen LogP contribution in [0.2, 0.25) is 0 Å². The largest absolute Gasteiger partial charge is 0.416 e. The van der Waals surface area contributed by atoms with Gasteiger partial charge >= 0.3 is 6.18 Å². The van der Waals surface area contributed by atoms with Gasteiger partial charge in [0, 0.05) is 12.1 Å². The third kappa shape index (κ3) is 3.56. The Balaban J connectivity index is 2.79. The van der Waals surface area contributed by atoms with Crippen molar-refractivity contribution >= 4 is 11.6 Å². The van der Waals surface area contributed by atoms with Crippen molar-refractivity contribution in [2.45, 2.75) is 19.0 Å². The van der Waals surface area contributed by atoms with Crippen molar-refractivity contribution in [3.05, 3.63) is 36.8 Å². The Labute approximate surface area is 91.5 Å². The Bertz CT molecular complexity index is 374. The molecule has 87 valence electrons. The monoisotopic (exact) mass is 230 g/mol. The molecule has 0 heterocycles. The second kappa shape index (κ2) is 5.01. The average Bonchev–Trinajstić information content (AvgIpc) is 2.17. The van der Waals surface area contributed by atoms with E-state index in [1.807, 2.05) is 0 Å². The first-order valence-electron chi connectivity index (χ1n) is 4.70. The normalized spacial score (nSPS) is 11.2. The lowest BCUT2D eigenvalue weighted by molar-refractivity contribution is -0.137. The summed E-state index contributed by atoms with van der Waals surface area (Å²) in [5, 5.41) is 2.38. The summed E-state index contributed by atoms with van der Waals surface area (Å²) < 4.78 is 37.0. The summed E-state index contributed by atoms with van der Waals surface area (Å²) in [6, 6.07) is 4.52. The molecular weight excluding hydrogens is 219 g/mol. The number of amides is 1. The zero-order valence-corrected chi connectivity index (χ0v) is 8.47. The lowest BCUT2D eigenvalue weighted by Crippen LogP contribution is -2.12. The van der Waals surface area contributed by atoms with E-state index in [1.54, 1.807) is 0 Å². The highest BCUT2D eigenvalue weighted by Gasteiger charge is 2.30. The fraction of sp³-hybridized carbons (Fsp3) is 0.273. The predicted octanol–water partition coefficient (Wildman–Crippen LogP) is 3.26. The van der Waals surface area contributed by atoms with Crippen molar-refractivity contribution in [1.82, 2.24) is 0 Å². The molecular formula is C11H11F3NO. The fourth-order valence-corrected chi connectivity index (χ4v) is 1.16. The van der Waals surface area contributed by atoms with Gasteiger partial charge in [-0.05, 0) is 24.6 Å². The second-order valence-electron chi connectivity index (χ2n) is 3.23. The molecule has 0 unspecified atom stereocenters. The van der Waals surface area contributed by atoms with Gasteiger partial charge in [-0.25, -0.2) is 0 Å². The molecule has 0 fully saturated rings. The molecule has 5 heteroatoms. The van der Waals surface area contributed by atoms with Crippen molar-refractivity contribution in [2.24, 2.45) is 0 Å². The van der Waals surface area contributed by atoms with Gasteiger partial charge in [-0.3, -0.25) is 4.79 Å². The molecule has 1 aromatic rings. The minimum Gasteiger partial charge on any atom is -0.326 e. The molecule has 0 atom stereocenters. The molecule has 1 rings (SSSR count). The number of alkyl halides is 3. The first kappa shape index (κ1) is 12.5. The summed E-state index contributed by atoms with van der Waals surface area (Å²) in [5.74, 6) is -0.339. The van der Waals surface area contributed by atoms with Gasteiger partial charge in [0.05, 0.1) is 5.56 Å². The van der Waals surface area contributed by atoms with Gasteiger partial charge < -0.3 is 5.32 Å². The third-order valence-corrected chi connectivity index (χ3v) is 1.88. The van der Waals surface area contributed by atoms with E-state index in [0.29, 0.717) is 6.42 Å².